The molecule has 0 aliphatic heterocycles. The summed E-state index contributed by atoms with van der Waals surface area (Å²) in [5, 5.41) is 3.71. The van der Waals surface area contributed by atoms with Crippen LogP contribution in [0.2, 0.25) is 0 Å². The smallest absolute Gasteiger partial charge is 0.248 e. The summed E-state index contributed by atoms with van der Waals surface area (Å²) in [7, 11) is 0. The number of carbonyl (C=O) groups is 2. The zero-order valence-corrected chi connectivity index (χ0v) is 13.3. The van der Waals surface area contributed by atoms with E-state index in [9.17, 15) is 9.59 Å². The number of aryl methyl sites for hydroxylation is 1. The Hall–Kier alpha value is -3.08. The minimum atomic E-state index is -0.529. The second-order valence-electron chi connectivity index (χ2n) is 5.62. The van der Waals surface area contributed by atoms with Crippen molar-refractivity contribution in [3.8, 4) is 0 Å². The highest BCUT2D eigenvalue weighted by Gasteiger charge is 2.11. The molecule has 5 heteroatoms. The summed E-state index contributed by atoms with van der Waals surface area (Å²) in [4.78, 5) is 23.4. The van der Waals surface area contributed by atoms with E-state index in [1.807, 2.05) is 18.2 Å². The fourth-order valence-electron chi connectivity index (χ4n) is 2.61. The van der Waals surface area contributed by atoms with Crippen molar-refractivity contribution >= 4 is 28.5 Å². The van der Waals surface area contributed by atoms with E-state index >= 15 is 0 Å². The molecule has 0 spiro atoms. The number of amides is 2. The average Bonchev–Trinajstić information content (AvgIpc) is 2.97. The van der Waals surface area contributed by atoms with Gasteiger partial charge >= 0.3 is 0 Å². The maximum Gasteiger partial charge on any atom is 0.248 e. The van der Waals surface area contributed by atoms with Crippen molar-refractivity contribution in [3.63, 3.8) is 0 Å². The monoisotopic (exact) mass is 322 g/mol. The average molecular weight is 322 g/mol. The number of furan rings is 1. The quantitative estimate of drug-likeness (QED) is 0.756. The Balaban J connectivity index is 1.75. The topological polar surface area (TPSA) is 85.3 Å². The molecule has 0 aliphatic carbocycles. The largest absolute Gasteiger partial charge is 0.464 e. The number of hydrogen-bond donors (Lipinski definition) is 2. The Labute approximate surface area is 139 Å². The summed E-state index contributed by atoms with van der Waals surface area (Å²) in [6.45, 7) is 2.08. The standard InChI is InChI=1S/C19H18N2O3/c1-2-12-6-7-16-14(11-24-17(16)8-12)10-18(22)21-15-5-3-4-13(9-15)19(20)23/h3-9,11H,2,10H2,1H3,(H2,20,23)(H,21,22). The van der Waals surface area contributed by atoms with E-state index in [0.717, 1.165) is 23.0 Å². The molecule has 0 saturated carbocycles. The summed E-state index contributed by atoms with van der Waals surface area (Å²) in [5.41, 5.74) is 8.95. The summed E-state index contributed by atoms with van der Waals surface area (Å²) in [6, 6.07) is 12.6. The second-order valence-corrected chi connectivity index (χ2v) is 5.62. The Morgan fingerprint density at radius 2 is 2.00 bits per heavy atom. The Morgan fingerprint density at radius 3 is 2.75 bits per heavy atom. The SMILES string of the molecule is CCc1ccc2c(CC(=O)Nc3cccc(C(N)=O)c3)coc2c1. The molecule has 0 unspecified atom stereocenters. The molecule has 3 rings (SSSR count). The minimum absolute atomic E-state index is 0.182. The van der Waals surface area contributed by atoms with Crippen LogP contribution in [0, 0.1) is 0 Å². The number of hydrogen-bond acceptors (Lipinski definition) is 3. The lowest BCUT2D eigenvalue weighted by molar-refractivity contribution is -0.115. The van der Waals surface area contributed by atoms with Gasteiger partial charge in [-0.3, -0.25) is 9.59 Å². The van der Waals surface area contributed by atoms with Crippen molar-refractivity contribution in [2.45, 2.75) is 19.8 Å². The zero-order chi connectivity index (χ0) is 17.1. The van der Waals surface area contributed by atoms with Crippen LogP contribution in [-0.2, 0) is 17.6 Å². The van der Waals surface area contributed by atoms with Crippen molar-refractivity contribution in [3.05, 3.63) is 65.4 Å². The first kappa shape index (κ1) is 15.8. The first-order valence-electron chi connectivity index (χ1n) is 7.75. The van der Waals surface area contributed by atoms with Crippen LogP contribution in [-0.4, -0.2) is 11.8 Å². The molecule has 2 aromatic carbocycles. The number of benzene rings is 2. The number of carbonyl (C=O) groups excluding carboxylic acids is 2. The molecule has 24 heavy (non-hydrogen) atoms. The molecule has 122 valence electrons. The molecule has 0 fully saturated rings. The molecular weight excluding hydrogens is 304 g/mol. The van der Waals surface area contributed by atoms with Gasteiger partial charge in [0.25, 0.3) is 0 Å². The van der Waals surface area contributed by atoms with Crippen molar-refractivity contribution in [1.82, 2.24) is 0 Å². The number of primary amides is 1. The van der Waals surface area contributed by atoms with Crippen LogP contribution in [0.5, 0.6) is 0 Å². The summed E-state index contributed by atoms with van der Waals surface area (Å²) in [5.74, 6) is -0.711. The molecule has 0 atom stereocenters. The lowest BCUT2D eigenvalue weighted by atomic mass is 10.1. The molecule has 3 N–H and O–H groups in total. The van der Waals surface area contributed by atoms with Crippen molar-refractivity contribution < 1.29 is 14.0 Å². The number of anilines is 1. The molecule has 0 saturated heterocycles. The molecule has 0 aliphatic rings. The fraction of sp³-hybridized carbons (Fsp3) is 0.158. The van der Waals surface area contributed by atoms with E-state index in [1.54, 1.807) is 30.5 Å². The van der Waals surface area contributed by atoms with Crippen LogP contribution in [0.25, 0.3) is 11.0 Å². The predicted octanol–water partition coefficient (Wildman–Crippen LogP) is 3.28. The zero-order valence-electron chi connectivity index (χ0n) is 13.3. The lowest BCUT2D eigenvalue weighted by Crippen LogP contribution is -2.15. The summed E-state index contributed by atoms with van der Waals surface area (Å²) >= 11 is 0. The summed E-state index contributed by atoms with van der Waals surface area (Å²) < 4.78 is 5.55. The van der Waals surface area contributed by atoms with Crippen LogP contribution in [0.4, 0.5) is 5.69 Å². The molecule has 3 aromatic rings. The van der Waals surface area contributed by atoms with E-state index in [0.29, 0.717) is 11.3 Å². The highest BCUT2D eigenvalue weighted by Crippen LogP contribution is 2.23. The molecule has 0 radical (unpaired) electrons. The van der Waals surface area contributed by atoms with Gasteiger partial charge in [-0.05, 0) is 36.2 Å². The van der Waals surface area contributed by atoms with Crippen molar-refractivity contribution in [2.24, 2.45) is 5.73 Å². The van der Waals surface area contributed by atoms with Gasteiger partial charge in [0.15, 0.2) is 0 Å². The van der Waals surface area contributed by atoms with Crippen LogP contribution >= 0.6 is 0 Å². The third-order valence-electron chi connectivity index (χ3n) is 3.91. The predicted molar refractivity (Wildman–Crippen MR) is 92.9 cm³/mol. The minimum Gasteiger partial charge on any atom is -0.464 e. The highest BCUT2D eigenvalue weighted by molar-refractivity contribution is 5.98. The van der Waals surface area contributed by atoms with E-state index in [-0.39, 0.29) is 12.3 Å². The maximum absolute atomic E-state index is 12.3. The fourth-order valence-corrected chi connectivity index (χ4v) is 2.61. The van der Waals surface area contributed by atoms with Crippen LogP contribution in [0.15, 0.2) is 53.1 Å². The van der Waals surface area contributed by atoms with Gasteiger partial charge < -0.3 is 15.5 Å². The van der Waals surface area contributed by atoms with Crippen molar-refractivity contribution in [2.75, 3.05) is 5.32 Å². The van der Waals surface area contributed by atoms with Gasteiger partial charge in [0, 0.05) is 22.2 Å². The van der Waals surface area contributed by atoms with Crippen molar-refractivity contribution in [1.29, 1.82) is 0 Å². The van der Waals surface area contributed by atoms with E-state index in [4.69, 9.17) is 10.2 Å². The van der Waals surface area contributed by atoms with Crippen LogP contribution < -0.4 is 11.1 Å². The van der Waals surface area contributed by atoms with Gasteiger partial charge in [-0.2, -0.15) is 0 Å². The number of nitrogens with two attached hydrogens (primary N) is 1. The molecule has 2 amide bonds. The van der Waals surface area contributed by atoms with Crippen LogP contribution in [0.1, 0.15) is 28.4 Å². The molecule has 1 aromatic heterocycles. The van der Waals surface area contributed by atoms with Gasteiger partial charge in [-0.25, -0.2) is 0 Å². The first-order valence-corrected chi connectivity index (χ1v) is 7.75. The maximum atomic E-state index is 12.3. The van der Waals surface area contributed by atoms with Gasteiger partial charge in [0.05, 0.1) is 12.7 Å². The van der Waals surface area contributed by atoms with Gasteiger partial charge in [-0.1, -0.05) is 25.1 Å². The van der Waals surface area contributed by atoms with Gasteiger partial charge in [0.1, 0.15) is 5.58 Å². The second kappa shape index (κ2) is 6.58. The first-order chi connectivity index (χ1) is 11.6. The Bertz CT molecular complexity index is 912. The van der Waals surface area contributed by atoms with Crippen LogP contribution in [0.3, 0.4) is 0 Å². The van der Waals surface area contributed by atoms with E-state index in [2.05, 4.69) is 12.2 Å². The Morgan fingerprint density at radius 1 is 1.17 bits per heavy atom. The van der Waals surface area contributed by atoms with Gasteiger partial charge in [-0.15, -0.1) is 0 Å². The molecule has 5 nitrogen and oxygen atoms in total. The Kier molecular flexibility index (Phi) is 4.33. The molecular formula is C19H18N2O3. The number of nitrogens with one attached hydrogen (secondary N) is 1. The number of fused-ring (bicyclic) bond motifs is 1. The third-order valence-corrected chi connectivity index (χ3v) is 3.91. The molecule has 0 bridgehead atoms. The van der Waals surface area contributed by atoms with E-state index in [1.165, 1.54) is 5.56 Å². The molecule has 1 heterocycles. The normalized spacial score (nSPS) is 10.7. The highest BCUT2D eigenvalue weighted by atomic mass is 16.3. The van der Waals surface area contributed by atoms with Gasteiger partial charge in [0.2, 0.25) is 11.8 Å². The summed E-state index contributed by atoms with van der Waals surface area (Å²) in [6.07, 6.45) is 2.74. The third kappa shape index (κ3) is 3.30. The lowest BCUT2D eigenvalue weighted by Gasteiger charge is -2.06. The number of rotatable bonds is 5. The van der Waals surface area contributed by atoms with E-state index < -0.39 is 5.91 Å².